The molecule has 3 heteroatoms. The van der Waals surface area contributed by atoms with Gasteiger partial charge in [-0.1, -0.05) is 0 Å². The molecule has 2 aromatic rings. The topological polar surface area (TPSA) is 26.3 Å². The maximum Gasteiger partial charge on any atom is 2.00 e. The fraction of sp³-hybridized carbons (Fsp3) is 0.0833. The van der Waals surface area contributed by atoms with Crippen molar-refractivity contribution in [3.63, 3.8) is 0 Å². The molecule has 0 aliphatic carbocycles. The monoisotopic (exact) mass is 249 g/mol. The van der Waals surface area contributed by atoms with Gasteiger partial charge in [0, 0.05) is 0 Å². The zero-order valence-electron chi connectivity index (χ0n) is 8.50. The number of rotatable bonds is 1. The van der Waals surface area contributed by atoms with Crippen molar-refractivity contribution in [3.05, 3.63) is 60.7 Å². The van der Waals surface area contributed by atoms with Gasteiger partial charge in [-0.05, 0) is 0 Å². The SMILES string of the molecule is COC=O.[Co+2].c1cc[cH-]c1.c1cc[cH-]c1. The largest absolute Gasteiger partial charge is 2.00 e. The molecule has 0 aromatic heterocycles. The molecular formula is C12H14CoO2. The van der Waals surface area contributed by atoms with Gasteiger partial charge < -0.3 is 4.74 Å². The van der Waals surface area contributed by atoms with Crippen LogP contribution in [0.2, 0.25) is 0 Å². The Kier molecular flexibility index (Phi) is 16.3. The molecule has 1 radical (unpaired) electrons. The fourth-order valence-corrected chi connectivity index (χ4v) is 0.642. The molecule has 0 aliphatic heterocycles. The Bertz CT molecular complexity index is 201. The van der Waals surface area contributed by atoms with Gasteiger partial charge in [0.05, 0.1) is 7.11 Å². The molecule has 0 N–H and O–H groups in total. The predicted molar refractivity (Wildman–Crippen MR) is 57.1 cm³/mol. The van der Waals surface area contributed by atoms with E-state index in [1.807, 2.05) is 60.7 Å². The van der Waals surface area contributed by atoms with Crippen LogP contribution in [0.3, 0.4) is 0 Å². The minimum Gasteiger partial charge on any atom is -0.471 e. The number of hydrogen-bond donors (Lipinski definition) is 0. The number of methoxy groups -OCH3 is 1. The van der Waals surface area contributed by atoms with Gasteiger partial charge in [0.25, 0.3) is 6.47 Å². The van der Waals surface area contributed by atoms with Crippen LogP contribution < -0.4 is 0 Å². The molecule has 0 atom stereocenters. The van der Waals surface area contributed by atoms with E-state index in [0.29, 0.717) is 6.47 Å². The van der Waals surface area contributed by atoms with Crippen LogP contribution in [0.5, 0.6) is 0 Å². The third kappa shape index (κ3) is 15.4. The first-order chi connectivity index (χ1) is 6.91. The van der Waals surface area contributed by atoms with Crippen LogP contribution in [0.25, 0.3) is 0 Å². The van der Waals surface area contributed by atoms with Crippen molar-refractivity contribution in [1.29, 1.82) is 0 Å². The summed E-state index contributed by atoms with van der Waals surface area (Å²) in [5.41, 5.74) is 0. The third-order valence-corrected chi connectivity index (χ3v) is 1.21. The molecule has 0 saturated heterocycles. The third-order valence-electron chi connectivity index (χ3n) is 1.21. The Morgan fingerprint density at radius 3 is 1.27 bits per heavy atom. The van der Waals surface area contributed by atoms with Gasteiger partial charge in [-0.3, -0.25) is 4.79 Å². The van der Waals surface area contributed by atoms with Crippen LogP contribution in [0, 0.1) is 0 Å². The molecule has 0 fully saturated rings. The second-order valence-electron chi connectivity index (χ2n) is 2.26. The van der Waals surface area contributed by atoms with Crippen LogP contribution in [0.15, 0.2) is 60.7 Å². The summed E-state index contributed by atoms with van der Waals surface area (Å²) in [7, 11) is 1.31. The summed E-state index contributed by atoms with van der Waals surface area (Å²) in [5, 5.41) is 0. The molecule has 2 rings (SSSR count). The molecule has 0 heterocycles. The van der Waals surface area contributed by atoms with Crippen LogP contribution in [-0.4, -0.2) is 13.6 Å². The fourth-order valence-electron chi connectivity index (χ4n) is 0.642. The van der Waals surface area contributed by atoms with Crippen molar-refractivity contribution in [2.45, 2.75) is 0 Å². The van der Waals surface area contributed by atoms with Gasteiger partial charge >= 0.3 is 16.8 Å². The minimum atomic E-state index is 0. The van der Waals surface area contributed by atoms with E-state index in [1.165, 1.54) is 7.11 Å². The zero-order valence-corrected chi connectivity index (χ0v) is 9.54. The minimum absolute atomic E-state index is 0. The molecule has 2 aromatic carbocycles. The molecule has 0 saturated carbocycles. The van der Waals surface area contributed by atoms with E-state index in [4.69, 9.17) is 4.79 Å². The summed E-state index contributed by atoms with van der Waals surface area (Å²) in [6.07, 6.45) is 0. The zero-order chi connectivity index (χ0) is 10.5. The number of carbonyl (C=O) groups is 1. The number of ether oxygens (including phenoxy) is 1. The van der Waals surface area contributed by atoms with E-state index in [0.717, 1.165) is 0 Å². The molecule has 2 nitrogen and oxygen atoms in total. The van der Waals surface area contributed by atoms with Crippen LogP contribution in [0.1, 0.15) is 0 Å². The summed E-state index contributed by atoms with van der Waals surface area (Å²) in [6, 6.07) is 20.0. The van der Waals surface area contributed by atoms with E-state index in [-0.39, 0.29) is 16.8 Å². The normalized spacial score (nSPS) is 6.73. The van der Waals surface area contributed by atoms with Gasteiger partial charge in [0.1, 0.15) is 0 Å². The molecule has 0 unspecified atom stereocenters. The van der Waals surface area contributed by atoms with E-state index >= 15 is 0 Å². The van der Waals surface area contributed by atoms with Crippen molar-refractivity contribution in [2.24, 2.45) is 0 Å². The van der Waals surface area contributed by atoms with Crippen molar-refractivity contribution in [1.82, 2.24) is 0 Å². The van der Waals surface area contributed by atoms with Crippen LogP contribution >= 0.6 is 0 Å². The Morgan fingerprint density at radius 1 is 0.933 bits per heavy atom. The number of hydrogen-bond acceptors (Lipinski definition) is 2. The van der Waals surface area contributed by atoms with Crippen LogP contribution in [0.4, 0.5) is 0 Å². The van der Waals surface area contributed by atoms with Crippen molar-refractivity contribution in [2.75, 3.05) is 7.11 Å². The van der Waals surface area contributed by atoms with E-state index in [2.05, 4.69) is 4.74 Å². The summed E-state index contributed by atoms with van der Waals surface area (Å²) >= 11 is 0. The van der Waals surface area contributed by atoms with Gasteiger partial charge in [-0.2, -0.15) is 36.4 Å². The maximum atomic E-state index is 8.95. The predicted octanol–water partition coefficient (Wildman–Crippen LogP) is 2.60. The summed E-state index contributed by atoms with van der Waals surface area (Å²) in [6.45, 7) is 0.375. The van der Waals surface area contributed by atoms with Gasteiger partial charge in [-0.15, -0.1) is 0 Å². The Hall–Kier alpha value is -1.32. The molecule has 0 aliphatic rings. The van der Waals surface area contributed by atoms with Crippen molar-refractivity contribution < 1.29 is 26.3 Å². The summed E-state index contributed by atoms with van der Waals surface area (Å²) in [5.74, 6) is 0. The molecular weight excluding hydrogens is 235 g/mol. The molecule has 0 amide bonds. The Balaban J connectivity index is 0. The maximum absolute atomic E-state index is 8.95. The first kappa shape index (κ1) is 16.1. The standard InChI is InChI=1S/2C5H5.C2H4O2.Co/c2*1-2-4-5-3-1;1-4-2-3;/h2*1-5H;2H,1H3;/q2*-1;;+2. The van der Waals surface area contributed by atoms with Gasteiger partial charge in [0.2, 0.25) is 0 Å². The van der Waals surface area contributed by atoms with E-state index in [1.54, 1.807) is 0 Å². The van der Waals surface area contributed by atoms with Gasteiger partial charge in [-0.25, -0.2) is 24.3 Å². The first-order valence-electron chi connectivity index (χ1n) is 4.21. The Morgan fingerprint density at radius 2 is 1.20 bits per heavy atom. The number of carbonyl (C=O) groups excluding carboxylic acids is 1. The summed E-state index contributed by atoms with van der Waals surface area (Å²) < 4.78 is 3.86. The van der Waals surface area contributed by atoms with Crippen molar-refractivity contribution in [3.8, 4) is 0 Å². The molecule has 0 bridgehead atoms. The summed E-state index contributed by atoms with van der Waals surface area (Å²) in [4.78, 5) is 8.95. The van der Waals surface area contributed by atoms with Gasteiger partial charge in [0.15, 0.2) is 0 Å². The molecule has 15 heavy (non-hydrogen) atoms. The first-order valence-corrected chi connectivity index (χ1v) is 4.21. The Labute approximate surface area is 101 Å². The van der Waals surface area contributed by atoms with E-state index in [9.17, 15) is 0 Å². The van der Waals surface area contributed by atoms with E-state index < -0.39 is 0 Å². The second-order valence-corrected chi connectivity index (χ2v) is 2.26. The quantitative estimate of drug-likeness (QED) is 0.573. The second kappa shape index (κ2) is 15.2. The average molecular weight is 249 g/mol. The molecule has 83 valence electrons. The van der Waals surface area contributed by atoms with Crippen LogP contribution in [-0.2, 0) is 26.3 Å². The molecule has 0 spiro atoms. The van der Waals surface area contributed by atoms with Crippen molar-refractivity contribution >= 4 is 6.47 Å². The smallest absolute Gasteiger partial charge is 0.471 e. The average Bonchev–Trinajstić information content (AvgIpc) is 2.94.